The van der Waals surface area contributed by atoms with Crippen LogP contribution in [0.25, 0.3) is 0 Å². The maximum absolute atomic E-state index is 6.31. The highest BCUT2D eigenvalue weighted by molar-refractivity contribution is 4.94. The highest BCUT2D eigenvalue weighted by Gasteiger charge is 2.38. The Kier molecular flexibility index (Phi) is 5.94. The standard InChI is InChI=1S/C15H32N2/c1-5-7-11-17(13(3)6-2)12-15(4)10-8-9-14(15)16/h13-14H,5-12,16H2,1-4H3. The lowest BCUT2D eigenvalue weighted by Gasteiger charge is -2.38. The molecule has 2 N–H and O–H groups in total. The van der Waals surface area contributed by atoms with Crippen LogP contribution in [0.3, 0.4) is 0 Å². The summed E-state index contributed by atoms with van der Waals surface area (Å²) < 4.78 is 0. The fourth-order valence-electron chi connectivity index (χ4n) is 2.99. The lowest BCUT2D eigenvalue weighted by atomic mass is 9.84. The van der Waals surface area contributed by atoms with Crippen LogP contribution in [0.5, 0.6) is 0 Å². The molecule has 1 rings (SSSR count). The summed E-state index contributed by atoms with van der Waals surface area (Å²) in [7, 11) is 0. The molecule has 0 heterocycles. The number of hydrogen-bond acceptors (Lipinski definition) is 2. The van der Waals surface area contributed by atoms with E-state index in [1.54, 1.807) is 0 Å². The molecule has 0 aliphatic heterocycles. The normalized spacial score (nSPS) is 31.1. The lowest BCUT2D eigenvalue weighted by molar-refractivity contribution is 0.114. The predicted octanol–water partition coefficient (Wildman–Crippen LogP) is 3.40. The molecule has 1 aliphatic rings. The van der Waals surface area contributed by atoms with E-state index < -0.39 is 0 Å². The minimum Gasteiger partial charge on any atom is -0.327 e. The van der Waals surface area contributed by atoms with Gasteiger partial charge >= 0.3 is 0 Å². The van der Waals surface area contributed by atoms with E-state index in [0.717, 1.165) is 0 Å². The summed E-state index contributed by atoms with van der Waals surface area (Å²) in [5.41, 5.74) is 6.66. The average molecular weight is 240 g/mol. The van der Waals surface area contributed by atoms with Gasteiger partial charge in [0.15, 0.2) is 0 Å². The SMILES string of the molecule is CCCCN(CC1(C)CCCC1N)C(C)CC. The van der Waals surface area contributed by atoms with Crippen molar-refractivity contribution in [1.82, 2.24) is 4.90 Å². The Morgan fingerprint density at radius 3 is 2.59 bits per heavy atom. The second kappa shape index (κ2) is 6.75. The van der Waals surface area contributed by atoms with Gasteiger partial charge in [0.25, 0.3) is 0 Å². The zero-order valence-electron chi connectivity index (χ0n) is 12.3. The zero-order valence-corrected chi connectivity index (χ0v) is 12.3. The molecule has 2 heteroatoms. The molecular weight excluding hydrogens is 208 g/mol. The molecule has 0 spiro atoms. The Hall–Kier alpha value is -0.0800. The number of rotatable bonds is 7. The van der Waals surface area contributed by atoms with E-state index in [9.17, 15) is 0 Å². The van der Waals surface area contributed by atoms with Crippen molar-refractivity contribution in [2.75, 3.05) is 13.1 Å². The minimum atomic E-state index is 0.358. The first kappa shape index (κ1) is 15.0. The summed E-state index contributed by atoms with van der Waals surface area (Å²) in [5, 5.41) is 0. The largest absolute Gasteiger partial charge is 0.327 e. The van der Waals surface area contributed by atoms with Crippen LogP contribution in [0.1, 0.15) is 66.2 Å². The maximum Gasteiger partial charge on any atom is 0.0105 e. The van der Waals surface area contributed by atoms with Crippen molar-refractivity contribution in [2.45, 2.75) is 78.3 Å². The summed E-state index contributed by atoms with van der Waals surface area (Å²) in [6, 6.07) is 1.11. The number of hydrogen-bond donors (Lipinski definition) is 1. The Morgan fingerprint density at radius 1 is 1.41 bits per heavy atom. The van der Waals surface area contributed by atoms with Crippen LogP contribution < -0.4 is 5.73 Å². The molecule has 0 amide bonds. The van der Waals surface area contributed by atoms with E-state index >= 15 is 0 Å². The Balaban J connectivity index is 2.58. The predicted molar refractivity (Wildman–Crippen MR) is 76.2 cm³/mol. The van der Waals surface area contributed by atoms with E-state index in [1.165, 1.54) is 51.6 Å². The molecule has 3 atom stereocenters. The zero-order chi connectivity index (χ0) is 12.9. The van der Waals surface area contributed by atoms with Gasteiger partial charge in [0.05, 0.1) is 0 Å². The summed E-state index contributed by atoms with van der Waals surface area (Å²) in [6.45, 7) is 11.8. The van der Waals surface area contributed by atoms with Gasteiger partial charge in [-0.1, -0.05) is 33.6 Å². The second-order valence-corrected chi connectivity index (χ2v) is 6.23. The summed E-state index contributed by atoms with van der Waals surface area (Å²) >= 11 is 0. The van der Waals surface area contributed by atoms with Crippen LogP contribution in [-0.4, -0.2) is 30.1 Å². The van der Waals surface area contributed by atoms with Gasteiger partial charge in [0, 0.05) is 18.6 Å². The smallest absolute Gasteiger partial charge is 0.0105 e. The molecule has 3 unspecified atom stereocenters. The van der Waals surface area contributed by atoms with Crippen molar-refractivity contribution in [3.63, 3.8) is 0 Å². The molecular formula is C15H32N2. The van der Waals surface area contributed by atoms with Gasteiger partial charge in [0.2, 0.25) is 0 Å². The molecule has 0 aromatic rings. The maximum atomic E-state index is 6.31. The van der Waals surface area contributed by atoms with Gasteiger partial charge in [-0.25, -0.2) is 0 Å². The van der Waals surface area contributed by atoms with Gasteiger partial charge in [-0.05, 0) is 44.6 Å². The highest BCUT2D eigenvalue weighted by Crippen LogP contribution is 2.37. The van der Waals surface area contributed by atoms with E-state index in [4.69, 9.17) is 5.73 Å². The van der Waals surface area contributed by atoms with Gasteiger partial charge in [-0.2, -0.15) is 0 Å². The van der Waals surface area contributed by atoms with Crippen LogP contribution in [0.2, 0.25) is 0 Å². The number of nitrogens with two attached hydrogens (primary N) is 1. The average Bonchev–Trinajstić information content (AvgIpc) is 2.64. The first-order valence-corrected chi connectivity index (χ1v) is 7.53. The van der Waals surface area contributed by atoms with Crippen LogP contribution in [0, 0.1) is 5.41 Å². The van der Waals surface area contributed by atoms with Gasteiger partial charge in [-0.15, -0.1) is 0 Å². The molecule has 0 bridgehead atoms. The van der Waals surface area contributed by atoms with Crippen LogP contribution in [-0.2, 0) is 0 Å². The lowest BCUT2D eigenvalue weighted by Crippen LogP contribution is -2.47. The fraction of sp³-hybridized carbons (Fsp3) is 1.00. The monoisotopic (exact) mass is 240 g/mol. The van der Waals surface area contributed by atoms with Gasteiger partial charge < -0.3 is 10.6 Å². The van der Waals surface area contributed by atoms with Crippen molar-refractivity contribution >= 4 is 0 Å². The minimum absolute atomic E-state index is 0.358. The molecule has 17 heavy (non-hydrogen) atoms. The molecule has 1 fully saturated rings. The molecule has 0 aromatic carbocycles. The summed E-state index contributed by atoms with van der Waals surface area (Å²) in [4.78, 5) is 2.68. The number of nitrogens with zero attached hydrogens (tertiary/aromatic N) is 1. The highest BCUT2D eigenvalue weighted by atomic mass is 15.2. The summed E-state index contributed by atoms with van der Waals surface area (Å²) in [6.07, 6.45) is 7.70. The van der Waals surface area contributed by atoms with Crippen LogP contribution in [0.15, 0.2) is 0 Å². The third kappa shape index (κ3) is 3.96. The summed E-state index contributed by atoms with van der Waals surface area (Å²) in [5.74, 6) is 0. The Labute approximate surface area is 108 Å². The first-order chi connectivity index (χ1) is 8.03. The molecule has 102 valence electrons. The van der Waals surface area contributed by atoms with Crippen LogP contribution in [0.4, 0.5) is 0 Å². The van der Waals surface area contributed by atoms with E-state index in [0.29, 0.717) is 17.5 Å². The van der Waals surface area contributed by atoms with E-state index in [1.807, 2.05) is 0 Å². The Morgan fingerprint density at radius 2 is 2.12 bits per heavy atom. The first-order valence-electron chi connectivity index (χ1n) is 7.53. The molecule has 1 aliphatic carbocycles. The molecule has 0 saturated heterocycles. The third-order valence-electron chi connectivity index (χ3n) is 4.74. The quantitative estimate of drug-likeness (QED) is 0.739. The molecule has 1 saturated carbocycles. The van der Waals surface area contributed by atoms with Crippen molar-refractivity contribution < 1.29 is 0 Å². The van der Waals surface area contributed by atoms with Crippen molar-refractivity contribution in [3.05, 3.63) is 0 Å². The second-order valence-electron chi connectivity index (χ2n) is 6.23. The van der Waals surface area contributed by atoms with E-state index in [2.05, 4.69) is 32.6 Å². The van der Waals surface area contributed by atoms with E-state index in [-0.39, 0.29) is 0 Å². The number of unbranched alkanes of at least 4 members (excludes halogenated alkanes) is 1. The van der Waals surface area contributed by atoms with Crippen molar-refractivity contribution in [3.8, 4) is 0 Å². The van der Waals surface area contributed by atoms with Crippen molar-refractivity contribution in [1.29, 1.82) is 0 Å². The Bertz CT molecular complexity index is 217. The molecule has 0 aromatic heterocycles. The topological polar surface area (TPSA) is 29.3 Å². The fourth-order valence-corrected chi connectivity index (χ4v) is 2.99. The molecule has 0 radical (unpaired) electrons. The van der Waals surface area contributed by atoms with Gasteiger partial charge in [0.1, 0.15) is 0 Å². The van der Waals surface area contributed by atoms with Crippen molar-refractivity contribution in [2.24, 2.45) is 11.1 Å². The molecule has 2 nitrogen and oxygen atoms in total. The van der Waals surface area contributed by atoms with Crippen LogP contribution >= 0.6 is 0 Å². The third-order valence-corrected chi connectivity index (χ3v) is 4.74. The van der Waals surface area contributed by atoms with Gasteiger partial charge in [-0.3, -0.25) is 0 Å².